The molecule has 0 spiro atoms. The maximum Gasteiger partial charge on any atom is 0.249 e. The monoisotopic (exact) mass is 357 g/mol. The summed E-state index contributed by atoms with van der Waals surface area (Å²) < 4.78 is 0. The fourth-order valence-electron chi connectivity index (χ4n) is 2.62. The summed E-state index contributed by atoms with van der Waals surface area (Å²) >= 11 is 0. The van der Waals surface area contributed by atoms with Crippen molar-refractivity contribution in [2.75, 3.05) is 13.2 Å². The minimum Gasteiger partial charge on any atom is -0.396 e. The Kier molecular flexibility index (Phi) is 13.7. The van der Waals surface area contributed by atoms with Crippen LogP contribution in [-0.4, -0.2) is 41.2 Å². The molecule has 1 atom stereocenters. The molecular formula is C20H39NO4. The van der Waals surface area contributed by atoms with Gasteiger partial charge in [0.25, 0.3) is 0 Å². The van der Waals surface area contributed by atoms with Crippen LogP contribution in [0.5, 0.6) is 0 Å². The molecule has 0 aromatic carbocycles. The van der Waals surface area contributed by atoms with Crippen LogP contribution < -0.4 is 5.32 Å². The molecule has 3 N–H and O–H groups in total. The quantitative estimate of drug-likeness (QED) is 0.370. The lowest BCUT2D eigenvalue weighted by atomic mass is 9.87. The van der Waals surface area contributed by atoms with E-state index in [1.54, 1.807) is 13.8 Å². The standard InChI is InChI=1S/C20H39NO4/c1-4-5-6-7-8-9-10-11-13-17(23)14-12-15-21-19(25)18(24)20(2,3)16-22/h18,22,24H,4-16H2,1-3H3,(H,21,25)/t18-/m0/s1. The third-order valence-corrected chi connectivity index (χ3v) is 4.64. The molecule has 0 rings (SSSR count). The molecule has 0 heterocycles. The number of rotatable bonds is 16. The highest BCUT2D eigenvalue weighted by Crippen LogP contribution is 2.19. The topological polar surface area (TPSA) is 86.6 Å². The summed E-state index contributed by atoms with van der Waals surface area (Å²) in [7, 11) is 0. The lowest BCUT2D eigenvalue weighted by molar-refractivity contribution is -0.137. The second kappa shape index (κ2) is 14.3. The summed E-state index contributed by atoms with van der Waals surface area (Å²) in [6.07, 6.45) is 10.2. The van der Waals surface area contributed by atoms with Crippen LogP contribution in [0.3, 0.4) is 0 Å². The number of hydrogen-bond donors (Lipinski definition) is 3. The average molecular weight is 358 g/mol. The van der Waals surface area contributed by atoms with Crippen LogP contribution in [0.1, 0.15) is 91.4 Å². The van der Waals surface area contributed by atoms with E-state index in [9.17, 15) is 14.7 Å². The van der Waals surface area contributed by atoms with E-state index in [0.717, 1.165) is 12.8 Å². The van der Waals surface area contributed by atoms with E-state index < -0.39 is 17.4 Å². The number of aliphatic hydroxyl groups excluding tert-OH is 2. The first-order chi connectivity index (χ1) is 11.8. The Morgan fingerprint density at radius 3 is 2.00 bits per heavy atom. The van der Waals surface area contributed by atoms with E-state index in [-0.39, 0.29) is 12.4 Å². The largest absolute Gasteiger partial charge is 0.396 e. The van der Waals surface area contributed by atoms with Gasteiger partial charge in [0.1, 0.15) is 11.9 Å². The lowest BCUT2D eigenvalue weighted by Gasteiger charge is -2.27. The van der Waals surface area contributed by atoms with Crippen molar-refractivity contribution in [2.45, 2.75) is 97.5 Å². The van der Waals surface area contributed by atoms with Gasteiger partial charge in [0.05, 0.1) is 6.61 Å². The van der Waals surface area contributed by atoms with E-state index in [1.807, 2.05) is 0 Å². The Morgan fingerprint density at radius 2 is 1.44 bits per heavy atom. The number of carbonyl (C=O) groups excluding carboxylic acids is 2. The predicted molar refractivity (Wildman–Crippen MR) is 101 cm³/mol. The fraction of sp³-hybridized carbons (Fsp3) is 0.900. The summed E-state index contributed by atoms with van der Waals surface area (Å²) in [5.41, 5.74) is -0.865. The number of carbonyl (C=O) groups is 2. The maximum atomic E-state index is 11.8. The van der Waals surface area contributed by atoms with E-state index in [4.69, 9.17) is 5.11 Å². The summed E-state index contributed by atoms with van der Waals surface area (Å²) in [6.45, 7) is 5.59. The Labute approximate surface area is 153 Å². The summed E-state index contributed by atoms with van der Waals surface area (Å²) in [6, 6.07) is 0. The lowest BCUT2D eigenvalue weighted by Crippen LogP contribution is -2.45. The zero-order valence-corrected chi connectivity index (χ0v) is 16.5. The van der Waals surface area contributed by atoms with Gasteiger partial charge >= 0.3 is 0 Å². The molecule has 0 bridgehead atoms. The van der Waals surface area contributed by atoms with Gasteiger partial charge in [-0.3, -0.25) is 9.59 Å². The van der Waals surface area contributed by atoms with Crippen molar-refractivity contribution >= 4 is 11.7 Å². The highest BCUT2D eigenvalue weighted by Gasteiger charge is 2.32. The van der Waals surface area contributed by atoms with E-state index >= 15 is 0 Å². The van der Waals surface area contributed by atoms with Gasteiger partial charge < -0.3 is 15.5 Å². The highest BCUT2D eigenvalue weighted by molar-refractivity contribution is 5.81. The average Bonchev–Trinajstić information content (AvgIpc) is 2.60. The Morgan fingerprint density at radius 1 is 0.920 bits per heavy atom. The molecule has 0 saturated heterocycles. The molecule has 25 heavy (non-hydrogen) atoms. The summed E-state index contributed by atoms with van der Waals surface area (Å²) in [4.78, 5) is 23.6. The second-order valence-electron chi connectivity index (χ2n) is 7.71. The summed E-state index contributed by atoms with van der Waals surface area (Å²) in [5.74, 6) is -0.244. The Bertz CT molecular complexity index is 369. The van der Waals surface area contributed by atoms with Gasteiger partial charge in [-0.25, -0.2) is 0 Å². The van der Waals surface area contributed by atoms with Gasteiger partial charge in [-0.15, -0.1) is 0 Å². The molecule has 5 heteroatoms. The van der Waals surface area contributed by atoms with Crippen LogP contribution in [0.25, 0.3) is 0 Å². The van der Waals surface area contributed by atoms with Crippen LogP contribution in [0.2, 0.25) is 0 Å². The molecule has 5 nitrogen and oxygen atoms in total. The minimum absolute atomic E-state index is 0.247. The zero-order valence-electron chi connectivity index (χ0n) is 16.5. The van der Waals surface area contributed by atoms with Crippen molar-refractivity contribution in [3.63, 3.8) is 0 Å². The van der Waals surface area contributed by atoms with Crippen molar-refractivity contribution in [1.82, 2.24) is 5.32 Å². The van der Waals surface area contributed by atoms with Gasteiger partial charge in [-0.1, -0.05) is 65.7 Å². The van der Waals surface area contributed by atoms with Crippen LogP contribution in [-0.2, 0) is 9.59 Å². The molecule has 0 radical (unpaired) electrons. The molecule has 0 unspecified atom stereocenters. The second-order valence-corrected chi connectivity index (χ2v) is 7.71. The van der Waals surface area contributed by atoms with Gasteiger partial charge in [0.2, 0.25) is 5.91 Å². The third kappa shape index (κ3) is 12.1. The maximum absolute atomic E-state index is 11.8. The Hall–Kier alpha value is -0.940. The molecule has 0 aromatic rings. The molecular weight excluding hydrogens is 318 g/mol. The van der Waals surface area contributed by atoms with Crippen molar-refractivity contribution in [3.8, 4) is 0 Å². The highest BCUT2D eigenvalue weighted by atomic mass is 16.3. The number of nitrogens with one attached hydrogen (secondary N) is 1. The van der Waals surface area contributed by atoms with Crippen LogP contribution in [0.4, 0.5) is 0 Å². The van der Waals surface area contributed by atoms with Crippen molar-refractivity contribution in [1.29, 1.82) is 0 Å². The third-order valence-electron chi connectivity index (χ3n) is 4.64. The molecule has 0 aliphatic rings. The first kappa shape index (κ1) is 24.1. The summed E-state index contributed by atoms with van der Waals surface area (Å²) in [5, 5.41) is 21.6. The minimum atomic E-state index is -1.24. The molecule has 0 fully saturated rings. The van der Waals surface area contributed by atoms with Crippen molar-refractivity contribution in [3.05, 3.63) is 0 Å². The predicted octanol–water partition coefficient (Wildman–Crippen LogP) is 3.36. The van der Waals surface area contributed by atoms with E-state index in [2.05, 4.69) is 12.2 Å². The number of amides is 1. The number of ketones is 1. The number of hydrogen-bond acceptors (Lipinski definition) is 4. The number of unbranched alkanes of at least 4 members (excludes halogenated alkanes) is 7. The van der Waals surface area contributed by atoms with Crippen LogP contribution in [0, 0.1) is 5.41 Å². The molecule has 0 aliphatic heterocycles. The molecule has 0 aromatic heterocycles. The van der Waals surface area contributed by atoms with E-state index in [1.165, 1.54) is 38.5 Å². The van der Waals surface area contributed by atoms with Gasteiger partial charge in [-0.05, 0) is 12.8 Å². The normalized spacial score (nSPS) is 12.8. The fourth-order valence-corrected chi connectivity index (χ4v) is 2.62. The first-order valence-electron chi connectivity index (χ1n) is 9.93. The van der Waals surface area contributed by atoms with Crippen molar-refractivity contribution < 1.29 is 19.8 Å². The number of Topliss-reactive ketones (excluding diaryl/α,β-unsaturated/α-hetero) is 1. The molecule has 0 aliphatic carbocycles. The van der Waals surface area contributed by atoms with E-state index in [0.29, 0.717) is 25.8 Å². The first-order valence-corrected chi connectivity index (χ1v) is 9.93. The van der Waals surface area contributed by atoms with Crippen LogP contribution >= 0.6 is 0 Å². The number of aliphatic hydroxyl groups is 2. The Balaban J connectivity index is 3.60. The van der Waals surface area contributed by atoms with Gasteiger partial charge in [-0.2, -0.15) is 0 Å². The van der Waals surface area contributed by atoms with Crippen molar-refractivity contribution in [2.24, 2.45) is 5.41 Å². The SMILES string of the molecule is CCCCCCCCCCC(=O)CCCNC(=O)[C@H](O)C(C)(C)CO. The smallest absolute Gasteiger partial charge is 0.249 e. The van der Waals surface area contributed by atoms with Gasteiger partial charge in [0.15, 0.2) is 0 Å². The molecule has 148 valence electrons. The zero-order chi connectivity index (χ0) is 19.1. The van der Waals surface area contributed by atoms with Gasteiger partial charge in [0, 0.05) is 24.8 Å². The molecule has 0 saturated carbocycles. The van der Waals surface area contributed by atoms with Crippen LogP contribution in [0.15, 0.2) is 0 Å². The molecule has 1 amide bonds.